The molecule has 2 nitrogen and oxygen atoms in total. The summed E-state index contributed by atoms with van der Waals surface area (Å²) in [5.74, 6) is 3.20. The highest BCUT2D eigenvalue weighted by atomic mass is 79.9. The Hall–Kier alpha value is -0.190. The molecule has 2 atom stereocenters. The molecule has 102 valence electrons. The molecule has 0 amide bonds. The van der Waals surface area contributed by atoms with Crippen LogP contribution in [0.1, 0.15) is 32.4 Å². The van der Waals surface area contributed by atoms with Crippen LogP contribution in [0.2, 0.25) is 0 Å². The SMILES string of the molecule is CCSCC(C)NC(C)c1ccc(OC)c(Br)c1. The van der Waals surface area contributed by atoms with Crippen molar-refractivity contribution in [3.05, 3.63) is 28.2 Å². The monoisotopic (exact) mass is 331 g/mol. The van der Waals surface area contributed by atoms with Crippen LogP contribution in [0, 0.1) is 0 Å². The third-order valence-electron chi connectivity index (χ3n) is 2.78. The van der Waals surface area contributed by atoms with Crippen molar-refractivity contribution in [2.24, 2.45) is 0 Å². The van der Waals surface area contributed by atoms with Gasteiger partial charge in [0.05, 0.1) is 11.6 Å². The summed E-state index contributed by atoms with van der Waals surface area (Å²) in [7, 11) is 1.69. The second-order valence-electron chi connectivity index (χ2n) is 4.34. The van der Waals surface area contributed by atoms with Gasteiger partial charge in [-0.05, 0) is 53.2 Å². The average molecular weight is 332 g/mol. The van der Waals surface area contributed by atoms with Gasteiger partial charge >= 0.3 is 0 Å². The molecule has 0 saturated heterocycles. The third-order valence-corrected chi connectivity index (χ3v) is 4.55. The Kier molecular flexibility index (Phi) is 7.12. The van der Waals surface area contributed by atoms with E-state index in [9.17, 15) is 0 Å². The first-order chi connectivity index (χ1) is 8.58. The van der Waals surface area contributed by atoms with Crippen LogP contribution >= 0.6 is 27.7 Å². The summed E-state index contributed by atoms with van der Waals surface area (Å²) < 4.78 is 6.25. The second kappa shape index (κ2) is 8.08. The van der Waals surface area contributed by atoms with Crippen molar-refractivity contribution >= 4 is 27.7 Å². The zero-order valence-electron chi connectivity index (χ0n) is 11.5. The first-order valence-electron chi connectivity index (χ1n) is 6.25. The molecule has 0 bridgehead atoms. The van der Waals surface area contributed by atoms with Gasteiger partial charge in [-0.25, -0.2) is 0 Å². The summed E-state index contributed by atoms with van der Waals surface area (Å²) >= 11 is 5.50. The van der Waals surface area contributed by atoms with E-state index in [0.717, 1.165) is 16.0 Å². The van der Waals surface area contributed by atoms with E-state index in [0.29, 0.717) is 12.1 Å². The molecule has 18 heavy (non-hydrogen) atoms. The minimum absolute atomic E-state index is 0.347. The molecule has 0 radical (unpaired) electrons. The number of nitrogens with one attached hydrogen (secondary N) is 1. The van der Waals surface area contributed by atoms with Crippen LogP contribution in [0.25, 0.3) is 0 Å². The van der Waals surface area contributed by atoms with Gasteiger partial charge < -0.3 is 10.1 Å². The molecule has 1 rings (SSSR count). The van der Waals surface area contributed by atoms with E-state index >= 15 is 0 Å². The van der Waals surface area contributed by atoms with Gasteiger partial charge in [0.15, 0.2) is 0 Å². The molecular weight excluding hydrogens is 310 g/mol. The molecule has 1 N–H and O–H groups in total. The molecule has 0 aromatic heterocycles. The number of rotatable bonds is 7. The average Bonchev–Trinajstić information content (AvgIpc) is 2.36. The van der Waals surface area contributed by atoms with Crippen molar-refractivity contribution in [3.8, 4) is 5.75 Å². The van der Waals surface area contributed by atoms with Crippen molar-refractivity contribution < 1.29 is 4.74 Å². The first-order valence-corrected chi connectivity index (χ1v) is 8.20. The molecular formula is C14H22BrNOS. The predicted octanol–water partition coefficient (Wildman–Crippen LogP) is 4.25. The van der Waals surface area contributed by atoms with E-state index in [2.05, 4.69) is 54.2 Å². The maximum atomic E-state index is 5.24. The summed E-state index contributed by atoms with van der Waals surface area (Å²) in [6.07, 6.45) is 0. The van der Waals surface area contributed by atoms with Gasteiger partial charge in [-0.3, -0.25) is 0 Å². The molecule has 0 spiro atoms. The fourth-order valence-corrected chi connectivity index (χ4v) is 3.06. The van der Waals surface area contributed by atoms with Crippen molar-refractivity contribution in [1.29, 1.82) is 0 Å². The van der Waals surface area contributed by atoms with Crippen LogP contribution in [-0.2, 0) is 0 Å². The minimum atomic E-state index is 0.347. The van der Waals surface area contributed by atoms with Gasteiger partial charge in [-0.15, -0.1) is 0 Å². The van der Waals surface area contributed by atoms with Crippen LogP contribution < -0.4 is 10.1 Å². The number of thioether (sulfide) groups is 1. The van der Waals surface area contributed by atoms with E-state index in [1.807, 2.05) is 17.8 Å². The summed E-state index contributed by atoms with van der Waals surface area (Å²) in [5, 5.41) is 3.61. The topological polar surface area (TPSA) is 21.3 Å². The van der Waals surface area contributed by atoms with Crippen molar-refractivity contribution in [1.82, 2.24) is 5.32 Å². The zero-order valence-corrected chi connectivity index (χ0v) is 13.9. The van der Waals surface area contributed by atoms with Gasteiger partial charge in [-0.1, -0.05) is 13.0 Å². The fourth-order valence-electron chi connectivity index (χ4n) is 1.82. The molecule has 1 aromatic carbocycles. The van der Waals surface area contributed by atoms with Crippen molar-refractivity contribution in [2.75, 3.05) is 18.6 Å². The van der Waals surface area contributed by atoms with Crippen LogP contribution in [0.4, 0.5) is 0 Å². The quantitative estimate of drug-likeness (QED) is 0.806. The normalized spacial score (nSPS) is 14.3. The summed E-state index contributed by atoms with van der Waals surface area (Å²) in [4.78, 5) is 0. The molecule has 0 fully saturated rings. The maximum Gasteiger partial charge on any atom is 0.133 e. The molecule has 0 aliphatic heterocycles. The summed E-state index contributed by atoms with van der Waals surface area (Å²) in [6.45, 7) is 6.63. The number of benzene rings is 1. The van der Waals surface area contributed by atoms with Crippen LogP contribution in [-0.4, -0.2) is 24.7 Å². The fraction of sp³-hybridized carbons (Fsp3) is 0.571. The first kappa shape index (κ1) is 15.9. The van der Waals surface area contributed by atoms with Gasteiger partial charge in [-0.2, -0.15) is 11.8 Å². The third kappa shape index (κ3) is 4.82. The summed E-state index contributed by atoms with van der Waals surface area (Å²) in [6, 6.07) is 7.10. The lowest BCUT2D eigenvalue weighted by molar-refractivity contribution is 0.411. The van der Waals surface area contributed by atoms with Gasteiger partial charge in [0.25, 0.3) is 0 Å². The van der Waals surface area contributed by atoms with Gasteiger partial charge in [0.1, 0.15) is 5.75 Å². The van der Waals surface area contributed by atoms with Gasteiger partial charge in [0.2, 0.25) is 0 Å². The number of methoxy groups -OCH3 is 1. The lowest BCUT2D eigenvalue weighted by Gasteiger charge is -2.20. The van der Waals surface area contributed by atoms with E-state index in [4.69, 9.17) is 4.74 Å². The summed E-state index contributed by atoms with van der Waals surface area (Å²) in [5.41, 5.74) is 1.27. The standard InChI is InChI=1S/C14H22BrNOS/c1-5-18-9-10(2)16-11(3)12-6-7-14(17-4)13(15)8-12/h6-8,10-11,16H,5,9H2,1-4H3. The molecule has 2 unspecified atom stereocenters. The van der Waals surface area contributed by atoms with Crippen molar-refractivity contribution in [3.63, 3.8) is 0 Å². The molecule has 4 heteroatoms. The molecule has 1 aromatic rings. The van der Waals surface area contributed by atoms with Crippen LogP contribution in [0.5, 0.6) is 5.75 Å². The van der Waals surface area contributed by atoms with E-state index in [1.165, 1.54) is 11.3 Å². The van der Waals surface area contributed by atoms with E-state index < -0.39 is 0 Å². The lowest BCUT2D eigenvalue weighted by atomic mass is 10.1. The largest absolute Gasteiger partial charge is 0.496 e. The Morgan fingerprint density at radius 2 is 2.11 bits per heavy atom. The molecule has 0 aliphatic carbocycles. The number of ether oxygens (including phenoxy) is 1. The highest BCUT2D eigenvalue weighted by Gasteiger charge is 2.11. The Morgan fingerprint density at radius 1 is 1.39 bits per heavy atom. The number of hydrogen-bond acceptors (Lipinski definition) is 3. The predicted molar refractivity (Wildman–Crippen MR) is 84.7 cm³/mol. The van der Waals surface area contributed by atoms with Crippen LogP contribution in [0.15, 0.2) is 22.7 Å². The Morgan fingerprint density at radius 3 is 2.67 bits per heavy atom. The number of hydrogen-bond donors (Lipinski definition) is 1. The Bertz CT molecular complexity index is 373. The lowest BCUT2D eigenvalue weighted by Crippen LogP contribution is -2.30. The molecule has 0 aliphatic rings. The smallest absolute Gasteiger partial charge is 0.133 e. The van der Waals surface area contributed by atoms with E-state index in [-0.39, 0.29) is 0 Å². The highest BCUT2D eigenvalue weighted by Crippen LogP contribution is 2.28. The molecule has 0 saturated carbocycles. The maximum absolute atomic E-state index is 5.24. The van der Waals surface area contributed by atoms with Gasteiger partial charge in [0, 0.05) is 17.8 Å². The minimum Gasteiger partial charge on any atom is -0.496 e. The van der Waals surface area contributed by atoms with Crippen molar-refractivity contribution in [2.45, 2.75) is 32.9 Å². The molecule has 0 heterocycles. The highest BCUT2D eigenvalue weighted by molar-refractivity contribution is 9.10. The second-order valence-corrected chi connectivity index (χ2v) is 6.52. The zero-order chi connectivity index (χ0) is 13.5. The van der Waals surface area contributed by atoms with E-state index in [1.54, 1.807) is 7.11 Å². The van der Waals surface area contributed by atoms with Crippen LogP contribution in [0.3, 0.4) is 0 Å². The number of halogens is 1. The Balaban J connectivity index is 2.61. The Labute approximate surface area is 123 Å².